The van der Waals surface area contributed by atoms with E-state index >= 15 is 0 Å². The number of aromatic amines is 1. The van der Waals surface area contributed by atoms with Gasteiger partial charge in [-0.2, -0.15) is 0 Å². The van der Waals surface area contributed by atoms with Crippen molar-refractivity contribution in [3.8, 4) is 0 Å². The smallest absolute Gasteiger partial charge is 0.322 e. The van der Waals surface area contributed by atoms with E-state index in [1.807, 2.05) is 54.6 Å². The van der Waals surface area contributed by atoms with Crippen molar-refractivity contribution in [2.75, 3.05) is 11.9 Å². The van der Waals surface area contributed by atoms with E-state index < -0.39 is 0 Å². The lowest BCUT2D eigenvalue weighted by Crippen LogP contribution is -2.37. The number of rotatable bonds is 5. The van der Waals surface area contributed by atoms with Crippen LogP contribution in [0.3, 0.4) is 0 Å². The molecular formula is C21H23N3O2. The summed E-state index contributed by atoms with van der Waals surface area (Å²) in [5.74, 6) is 0.310. The monoisotopic (exact) mass is 349 g/mol. The van der Waals surface area contributed by atoms with E-state index in [0.717, 1.165) is 22.2 Å². The molecule has 0 spiro atoms. The van der Waals surface area contributed by atoms with E-state index in [4.69, 9.17) is 0 Å². The Balaban J connectivity index is 1.89. The van der Waals surface area contributed by atoms with Gasteiger partial charge in [0.15, 0.2) is 0 Å². The van der Waals surface area contributed by atoms with Crippen LogP contribution in [-0.2, 0) is 6.54 Å². The molecule has 0 atom stereocenters. The number of aromatic nitrogens is 1. The first-order valence-electron chi connectivity index (χ1n) is 8.75. The second-order valence-corrected chi connectivity index (χ2v) is 6.77. The van der Waals surface area contributed by atoms with Crippen LogP contribution in [0.4, 0.5) is 10.5 Å². The highest BCUT2D eigenvalue weighted by atomic mass is 16.2. The van der Waals surface area contributed by atoms with Crippen LogP contribution in [0.1, 0.15) is 19.4 Å². The summed E-state index contributed by atoms with van der Waals surface area (Å²) >= 11 is 0. The van der Waals surface area contributed by atoms with Gasteiger partial charge in [-0.25, -0.2) is 4.79 Å². The normalized spacial score (nSPS) is 10.9. The van der Waals surface area contributed by atoms with Crippen LogP contribution in [-0.4, -0.2) is 22.5 Å². The van der Waals surface area contributed by atoms with Crippen LogP contribution < -0.4 is 10.9 Å². The molecule has 0 unspecified atom stereocenters. The van der Waals surface area contributed by atoms with Crippen LogP contribution in [0.2, 0.25) is 0 Å². The lowest BCUT2D eigenvalue weighted by Gasteiger charge is -2.25. The molecule has 0 saturated carbocycles. The lowest BCUT2D eigenvalue weighted by atomic mass is 10.1. The highest BCUT2D eigenvalue weighted by Gasteiger charge is 2.17. The Morgan fingerprint density at radius 1 is 1.08 bits per heavy atom. The van der Waals surface area contributed by atoms with Crippen molar-refractivity contribution >= 4 is 22.6 Å². The summed E-state index contributed by atoms with van der Waals surface area (Å²) in [4.78, 5) is 29.4. The Kier molecular flexibility index (Phi) is 5.37. The molecule has 2 amide bonds. The molecule has 2 N–H and O–H groups in total. The van der Waals surface area contributed by atoms with E-state index in [9.17, 15) is 9.59 Å². The van der Waals surface area contributed by atoms with Crippen molar-refractivity contribution < 1.29 is 4.79 Å². The number of nitrogens with one attached hydrogen (secondary N) is 2. The van der Waals surface area contributed by atoms with E-state index in [-0.39, 0.29) is 11.6 Å². The Labute approximate surface area is 152 Å². The number of hydrogen-bond donors (Lipinski definition) is 2. The molecule has 26 heavy (non-hydrogen) atoms. The fourth-order valence-electron chi connectivity index (χ4n) is 3.00. The van der Waals surface area contributed by atoms with E-state index in [1.165, 1.54) is 0 Å². The number of nitrogens with zero attached hydrogens (tertiary/aromatic N) is 1. The molecule has 0 aliphatic rings. The van der Waals surface area contributed by atoms with Crippen molar-refractivity contribution in [2.45, 2.75) is 20.4 Å². The number of fused-ring (bicyclic) bond motifs is 1. The number of para-hydroxylation sites is 2. The molecule has 0 saturated heterocycles. The van der Waals surface area contributed by atoms with Gasteiger partial charge in [0.1, 0.15) is 0 Å². The van der Waals surface area contributed by atoms with Gasteiger partial charge in [0.05, 0.1) is 0 Å². The van der Waals surface area contributed by atoms with Crippen molar-refractivity contribution in [1.82, 2.24) is 9.88 Å². The fourth-order valence-corrected chi connectivity index (χ4v) is 3.00. The second-order valence-electron chi connectivity index (χ2n) is 6.77. The molecule has 5 nitrogen and oxygen atoms in total. The quantitative estimate of drug-likeness (QED) is 0.724. The fraction of sp³-hybridized carbons (Fsp3) is 0.238. The number of H-pyrrole nitrogens is 1. The third kappa shape index (κ3) is 4.30. The Morgan fingerprint density at radius 2 is 1.77 bits per heavy atom. The SMILES string of the molecule is CC(C)CN(Cc1cc(=O)[nH]c2ccccc12)C(=O)Nc1ccccc1. The molecule has 5 heteroatoms. The minimum absolute atomic E-state index is 0.160. The number of pyridine rings is 1. The summed E-state index contributed by atoms with van der Waals surface area (Å²) in [6, 6.07) is 18.4. The van der Waals surface area contributed by atoms with Gasteiger partial charge in [-0.3, -0.25) is 4.79 Å². The first kappa shape index (κ1) is 17.7. The van der Waals surface area contributed by atoms with Gasteiger partial charge in [0.25, 0.3) is 0 Å². The molecular weight excluding hydrogens is 326 g/mol. The molecule has 0 aliphatic carbocycles. The summed E-state index contributed by atoms with van der Waals surface area (Å²) in [7, 11) is 0. The summed E-state index contributed by atoms with van der Waals surface area (Å²) in [6.07, 6.45) is 0. The molecule has 1 aromatic heterocycles. The first-order valence-corrected chi connectivity index (χ1v) is 8.75. The molecule has 2 aromatic carbocycles. The molecule has 134 valence electrons. The molecule has 0 fully saturated rings. The van der Waals surface area contributed by atoms with Crippen LogP contribution in [0.25, 0.3) is 10.9 Å². The number of carbonyl (C=O) groups is 1. The third-order valence-corrected chi connectivity index (χ3v) is 4.10. The van der Waals surface area contributed by atoms with Gasteiger partial charge in [-0.15, -0.1) is 0 Å². The number of anilines is 1. The minimum Gasteiger partial charge on any atom is -0.322 e. The third-order valence-electron chi connectivity index (χ3n) is 4.10. The number of amides is 2. The number of carbonyl (C=O) groups excluding carboxylic acids is 1. The molecule has 3 aromatic rings. The Hall–Kier alpha value is -3.08. The summed E-state index contributed by atoms with van der Waals surface area (Å²) < 4.78 is 0. The zero-order valence-electron chi connectivity index (χ0n) is 15.0. The van der Waals surface area contributed by atoms with E-state index in [2.05, 4.69) is 24.1 Å². The van der Waals surface area contributed by atoms with Gasteiger partial charge in [-0.05, 0) is 29.7 Å². The van der Waals surface area contributed by atoms with Crippen LogP contribution in [0.15, 0.2) is 65.5 Å². The minimum atomic E-state index is -0.172. The van der Waals surface area contributed by atoms with Crippen molar-refractivity contribution in [2.24, 2.45) is 5.92 Å². The number of benzene rings is 2. The van der Waals surface area contributed by atoms with Gasteiger partial charge < -0.3 is 15.2 Å². The average molecular weight is 349 g/mol. The highest BCUT2D eigenvalue weighted by Crippen LogP contribution is 2.18. The highest BCUT2D eigenvalue weighted by molar-refractivity contribution is 5.90. The molecule has 0 bridgehead atoms. The van der Waals surface area contributed by atoms with Crippen LogP contribution in [0, 0.1) is 5.92 Å². The summed E-state index contributed by atoms with van der Waals surface area (Å²) in [6.45, 7) is 5.11. The average Bonchev–Trinajstić information content (AvgIpc) is 2.61. The summed E-state index contributed by atoms with van der Waals surface area (Å²) in [5, 5.41) is 3.88. The largest absolute Gasteiger partial charge is 0.322 e. The van der Waals surface area contributed by atoms with Crippen LogP contribution in [0.5, 0.6) is 0 Å². The maximum absolute atomic E-state index is 12.8. The van der Waals surface area contributed by atoms with Crippen molar-refractivity contribution in [1.29, 1.82) is 0 Å². The first-order chi connectivity index (χ1) is 12.5. The summed E-state index contributed by atoms with van der Waals surface area (Å²) in [5.41, 5.74) is 2.21. The zero-order valence-corrected chi connectivity index (χ0v) is 15.0. The van der Waals surface area contributed by atoms with E-state index in [1.54, 1.807) is 11.0 Å². The molecule has 3 rings (SSSR count). The van der Waals surface area contributed by atoms with Gasteiger partial charge in [0.2, 0.25) is 5.56 Å². The topological polar surface area (TPSA) is 65.2 Å². The van der Waals surface area contributed by atoms with Gasteiger partial charge in [-0.1, -0.05) is 50.2 Å². The number of urea groups is 1. The van der Waals surface area contributed by atoms with Gasteiger partial charge >= 0.3 is 6.03 Å². The predicted molar refractivity (Wildman–Crippen MR) is 105 cm³/mol. The van der Waals surface area contributed by atoms with Crippen molar-refractivity contribution in [3.63, 3.8) is 0 Å². The van der Waals surface area contributed by atoms with Gasteiger partial charge in [0, 0.05) is 35.7 Å². The lowest BCUT2D eigenvalue weighted by molar-refractivity contribution is 0.202. The zero-order chi connectivity index (χ0) is 18.5. The van der Waals surface area contributed by atoms with E-state index in [0.29, 0.717) is 19.0 Å². The maximum atomic E-state index is 12.8. The molecule has 0 radical (unpaired) electrons. The second kappa shape index (κ2) is 7.87. The Bertz CT molecular complexity index is 948. The molecule has 0 aliphatic heterocycles. The van der Waals surface area contributed by atoms with Crippen LogP contribution >= 0.6 is 0 Å². The maximum Gasteiger partial charge on any atom is 0.322 e. The number of hydrogen-bond acceptors (Lipinski definition) is 2. The predicted octanol–water partition coefficient (Wildman–Crippen LogP) is 4.22. The standard InChI is InChI=1S/C21H23N3O2/c1-15(2)13-24(21(26)22-17-8-4-3-5-9-17)14-16-12-20(25)23-19-11-7-6-10-18(16)19/h3-12,15H,13-14H2,1-2H3,(H,22,26)(H,23,25). The molecule has 1 heterocycles. The Morgan fingerprint density at radius 3 is 2.50 bits per heavy atom. The van der Waals surface area contributed by atoms with Crippen molar-refractivity contribution in [3.05, 3.63) is 76.6 Å².